The summed E-state index contributed by atoms with van der Waals surface area (Å²) in [5.74, 6) is 2.37. The number of rotatable bonds is 5. The van der Waals surface area contributed by atoms with E-state index in [9.17, 15) is 0 Å². The minimum absolute atomic E-state index is 0.664. The summed E-state index contributed by atoms with van der Waals surface area (Å²) >= 11 is 0. The third kappa shape index (κ3) is 3.67. The Morgan fingerprint density at radius 1 is 1.04 bits per heavy atom. The Kier molecular flexibility index (Phi) is 4.28. The van der Waals surface area contributed by atoms with Crippen LogP contribution in [0.4, 0.5) is 0 Å². The maximum atomic E-state index is 5.36. The molecule has 1 aromatic carbocycles. The molecule has 2 heterocycles. The van der Waals surface area contributed by atoms with Gasteiger partial charge in [0.2, 0.25) is 5.89 Å². The quantitative estimate of drug-likeness (QED) is 0.784. The molecule has 0 unspecified atom stereocenters. The van der Waals surface area contributed by atoms with Gasteiger partial charge in [-0.3, -0.25) is 0 Å². The first-order valence-electron chi connectivity index (χ1n) is 7.91. The molecule has 0 aliphatic rings. The third-order valence-corrected chi connectivity index (χ3v) is 4.12. The highest BCUT2D eigenvalue weighted by Gasteiger charge is 2.10. The zero-order chi connectivity index (χ0) is 16.4. The number of hydrogen-bond acceptors (Lipinski definition) is 4. The zero-order valence-corrected chi connectivity index (χ0v) is 14.1. The number of aromatic amines is 1. The summed E-state index contributed by atoms with van der Waals surface area (Å²) in [6.45, 7) is 8.24. The van der Waals surface area contributed by atoms with Crippen LogP contribution in [0.15, 0.2) is 22.7 Å². The van der Waals surface area contributed by atoms with Gasteiger partial charge in [0.1, 0.15) is 5.82 Å². The van der Waals surface area contributed by atoms with E-state index in [1.165, 1.54) is 16.7 Å². The van der Waals surface area contributed by atoms with Crippen LogP contribution < -0.4 is 0 Å². The van der Waals surface area contributed by atoms with E-state index in [-0.39, 0.29) is 0 Å². The summed E-state index contributed by atoms with van der Waals surface area (Å²) in [5.41, 5.74) is 5.90. The van der Waals surface area contributed by atoms with Gasteiger partial charge in [-0.15, -0.1) is 0 Å². The number of imidazole rings is 1. The molecule has 0 amide bonds. The molecule has 0 saturated carbocycles. The Bertz CT molecular complexity index is 797. The second-order valence-corrected chi connectivity index (χ2v) is 6.10. The van der Waals surface area contributed by atoms with E-state index in [1.54, 1.807) is 0 Å². The average Bonchev–Trinajstić information content (AvgIpc) is 3.08. The fourth-order valence-corrected chi connectivity index (χ4v) is 2.59. The summed E-state index contributed by atoms with van der Waals surface area (Å²) in [6, 6.07) is 6.43. The number of H-pyrrole nitrogens is 1. The number of nitrogens with zero attached hydrogens (tertiary/aromatic N) is 3. The Balaban J connectivity index is 1.64. The maximum Gasteiger partial charge on any atom is 0.227 e. The highest BCUT2D eigenvalue weighted by molar-refractivity contribution is 5.32. The van der Waals surface area contributed by atoms with Crippen LogP contribution in [0.2, 0.25) is 0 Å². The Morgan fingerprint density at radius 2 is 1.87 bits per heavy atom. The van der Waals surface area contributed by atoms with E-state index >= 15 is 0 Å². The Hall–Kier alpha value is -2.43. The summed E-state index contributed by atoms with van der Waals surface area (Å²) < 4.78 is 5.36. The molecule has 0 spiro atoms. The van der Waals surface area contributed by atoms with E-state index in [2.05, 4.69) is 52.2 Å². The molecular weight excluding hydrogens is 288 g/mol. The molecule has 5 heteroatoms. The van der Waals surface area contributed by atoms with Crippen LogP contribution in [0, 0.1) is 27.7 Å². The maximum absolute atomic E-state index is 5.36. The third-order valence-electron chi connectivity index (χ3n) is 4.12. The zero-order valence-electron chi connectivity index (χ0n) is 14.1. The van der Waals surface area contributed by atoms with Crippen molar-refractivity contribution >= 4 is 0 Å². The standard InChI is InChI=1S/C18H22N4O/c1-11-5-6-12(2)15(9-11)10-17-21-18(23-22-17)8-7-16-19-13(3)14(4)20-16/h5-6,9H,7-8,10H2,1-4H3,(H,19,20). The lowest BCUT2D eigenvalue weighted by atomic mass is 10.0. The van der Waals surface area contributed by atoms with Crippen LogP contribution in [0.1, 0.15) is 45.6 Å². The summed E-state index contributed by atoms with van der Waals surface area (Å²) in [4.78, 5) is 12.3. The molecular formula is C18H22N4O. The van der Waals surface area contributed by atoms with Gasteiger partial charge in [-0.25, -0.2) is 4.98 Å². The van der Waals surface area contributed by atoms with Crippen molar-refractivity contribution in [3.05, 3.63) is 63.8 Å². The van der Waals surface area contributed by atoms with Crippen LogP contribution in [0.5, 0.6) is 0 Å². The fourth-order valence-electron chi connectivity index (χ4n) is 2.59. The van der Waals surface area contributed by atoms with Crippen molar-refractivity contribution in [3.8, 4) is 0 Å². The lowest BCUT2D eigenvalue weighted by Crippen LogP contribution is -1.97. The van der Waals surface area contributed by atoms with Crippen molar-refractivity contribution in [2.24, 2.45) is 0 Å². The van der Waals surface area contributed by atoms with Crippen molar-refractivity contribution in [2.75, 3.05) is 0 Å². The van der Waals surface area contributed by atoms with Gasteiger partial charge in [0.25, 0.3) is 0 Å². The van der Waals surface area contributed by atoms with Gasteiger partial charge in [-0.05, 0) is 38.8 Å². The predicted molar refractivity (Wildman–Crippen MR) is 88.5 cm³/mol. The van der Waals surface area contributed by atoms with E-state index in [4.69, 9.17) is 4.52 Å². The lowest BCUT2D eigenvalue weighted by molar-refractivity contribution is 0.373. The molecule has 0 fully saturated rings. The van der Waals surface area contributed by atoms with E-state index in [1.807, 2.05) is 13.8 Å². The van der Waals surface area contributed by atoms with Crippen molar-refractivity contribution in [2.45, 2.75) is 47.0 Å². The minimum Gasteiger partial charge on any atom is -0.346 e. The van der Waals surface area contributed by atoms with Gasteiger partial charge in [-0.2, -0.15) is 4.98 Å². The number of benzene rings is 1. The van der Waals surface area contributed by atoms with Crippen molar-refractivity contribution in [1.82, 2.24) is 20.1 Å². The number of hydrogen-bond donors (Lipinski definition) is 1. The molecule has 0 bridgehead atoms. The van der Waals surface area contributed by atoms with Gasteiger partial charge in [0.15, 0.2) is 5.82 Å². The highest BCUT2D eigenvalue weighted by atomic mass is 16.5. The first-order chi connectivity index (χ1) is 11.0. The molecule has 0 aliphatic heterocycles. The Morgan fingerprint density at radius 3 is 2.61 bits per heavy atom. The van der Waals surface area contributed by atoms with Gasteiger partial charge < -0.3 is 9.51 Å². The second kappa shape index (κ2) is 6.36. The molecule has 0 saturated heterocycles. The van der Waals surface area contributed by atoms with Crippen LogP contribution in [0.25, 0.3) is 0 Å². The molecule has 3 aromatic rings. The van der Waals surface area contributed by atoms with Gasteiger partial charge in [0, 0.05) is 25.0 Å². The Labute approximate surface area is 136 Å². The van der Waals surface area contributed by atoms with E-state index in [0.717, 1.165) is 29.5 Å². The second-order valence-electron chi connectivity index (χ2n) is 6.10. The molecule has 2 aromatic heterocycles. The van der Waals surface area contributed by atoms with E-state index < -0.39 is 0 Å². The predicted octanol–water partition coefficient (Wildman–Crippen LogP) is 3.40. The number of aryl methyl sites for hydroxylation is 6. The van der Waals surface area contributed by atoms with Crippen molar-refractivity contribution in [1.29, 1.82) is 0 Å². The van der Waals surface area contributed by atoms with Crippen LogP contribution in [0.3, 0.4) is 0 Å². The smallest absolute Gasteiger partial charge is 0.227 e. The van der Waals surface area contributed by atoms with Crippen LogP contribution in [-0.2, 0) is 19.3 Å². The summed E-state index contributed by atoms with van der Waals surface area (Å²) in [5, 5.41) is 4.10. The van der Waals surface area contributed by atoms with Gasteiger partial charge in [-0.1, -0.05) is 28.9 Å². The molecule has 0 radical (unpaired) electrons. The highest BCUT2D eigenvalue weighted by Crippen LogP contribution is 2.15. The topological polar surface area (TPSA) is 67.6 Å². The minimum atomic E-state index is 0.664. The van der Waals surface area contributed by atoms with Gasteiger partial charge >= 0.3 is 0 Å². The first-order valence-corrected chi connectivity index (χ1v) is 7.91. The van der Waals surface area contributed by atoms with Gasteiger partial charge in [0.05, 0.1) is 5.69 Å². The fraction of sp³-hybridized carbons (Fsp3) is 0.389. The van der Waals surface area contributed by atoms with Crippen molar-refractivity contribution in [3.63, 3.8) is 0 Å². The molecule has 0 atom stereocenters. The summed E-state index contributed by atoms with van der Waals surface area (Å²) in [7, 11) is 0. The molecule has 23 heavy (non-hydrogen) atoms. The lowest BCUT2D eigenvalue weighted by Gasteiger charge is -2.03. The molecule has 120 valence electrons. The summed E-state index contributed by atoms with van der Waals surface area (Å²) in [6.07, 6.45) is 2.18. The number of nitrogens with one attached hydrogen (secondary N) is 1. The van der Waals surface area contributed by atoms with Crippen LogP contribution >= 0.6 is 0 Å². The monoisotopic (exact) mass is 310 g/mol. The molecule has 0 aliphatic carbocycles. The first kappa shape index (κ1) is 15.5. The van der Waals surface area contributed by atoms with Crippen molar-refractivity contribution < 1.29 is 4.52 Å². The number of aromatic nitrogens is 4. The van der Waals surface area contributed by atoms with Crippen LogP contribution in [-0.4, -0.2) is 20.1 Å². The molecule has 3 rings (SSSR count). The SMILES string of the molecule is Cc1ccc(C)c(Cc2noc(CCc3nc(C)c(C)[nH]3)n2)c1. The van der Waals surface area contributed by atoms with E-state index in [0.29, 0.717) is 18.7 Å². The average molecular weight is 310 g/mol. The normalized spacial score (nSPS) is 11.1. The molecule has 5 nitrogen and oxygen atoms in total. The molecule has 1 N–H and O–H groups in total. The largest absolute Gasteiger partial charge is 0.346 e.